The first-order valence-electron chi connectivity index (χ1n) is 4.89. The van der Waals surface area contributed by atoms with Crippen LogP contribution in [0, 0.1) is 17.8 Å². The molecule has 1 atom stereocenters. The highest BCUT2D eigenvalue weighted by atomic mass is 15.0. The van der Waals surface area contributed by atoms with Gasteiger partial charge in [0.2, 0.25) is 0 Å². The van der Waals surface area contributed by atoms with Crippen molar-refractivity contribution in [2.45, 2.75) is 39.7 Å². The van der Waals surface area contributed by atoms with Gasteiger partial charge in [-0.15, -0.1) is 5.92 Å². The second-order valence-corrected chi connectivity index (χ2v) is 4.14. The predicted molar refractivity (Wildman–Crippen MR) is 58.4 cm³/mol. The molecule has 0 aliphatic heterocycles. The lowest BCUT2D eigenvalue weighted by Crippen LogP contribution is -2.49. The molecule has 2 nitrogen and oxygen atoms in total. The van der Waals surface area contributed by atoms with Crippen molar-refractivity contribution in [3.63, 3.8) is 0 Å². The summed E-state index contributed by atoms with van der Waals surface area (Å²) in [6.07, 6.45) is 1.09. The van der Waals surface area contributed by atoms with Gasteiger partial charge >= 0.3 is 0 Å². The summed E-state index contributed by atoms with van der Waals surface area (Å²) in [5, 5.41) is 3.38. The van der Waals surface area contributed by atoms with Gasteiger partial charge in [-0.1, -0.05) is 19.8 Å². The molecule has 0 radical (unpaired) electrons. The third kappa shape index (κ3) is 5.68. The maximum Gasteiger partial charge on any atom is 0.0580 e. The second kappa shape index (κ2) is 6.01. The molecular weight excluding hydrogens is 160 g/mol. The summed E-state index contributed by atoms with van der Waals surface area (Å²) in [5.74, 6) is 6.52. The fraction of sp³-hybridized carbons (Fsp3) is 0.818. The Bertz CT molecular complexity index is 188. The minimum absolute atomic E-state index is 0.0397. The van der Waals surface area contributed by atoms with Crippen LogP contribution in [0.15, 0.2) is 0 Å². The summed E-state index contributed by atoms with van der Waals surface area (Å²) in [6.45, 7) is 9.82. The molecule has 0 aliphatic carbocycles. The van der Waals surface area contributed by atoms with Crippen LogP contribution in [0.4, 0.5) is 0 Å². The zero-order valence-corrected chi connectivity index (χ0v) is 9.28. The molecule has 0 spiro atoms. The molecule has 3 N–H and O–H groups in total. The fourth-order valence-corrected chi connectivity index (χ4v) is 1.47. The van der Waals surface area contributed by atoms with E-state index in [2.05, 4.69) is 37.9 Å². The number of rotatable bonds is 5. The van der Waals surface area contributed by atoms with E-state index < -0.39 is 0 Å². The van der Waals surface area contributed by atoms with E-state index in [1.54, 1.807) is 0 Å². The Morgan fingerprint density at radius 1 is 1.46 bits per heavy atom. The monoisotopic (exact) mass is 182 g/mol. The molecule has 0 heterocycles. The summed E-state index contributed by atoms with van der Waals surface area (Å²) >= 11 is 0. The van der Waals surface area contributed by atoms with Crippen molar-refractivity contribution in [2.24, 2.45) is 11.7 Å². The average molecular weight is 182 g/mol. The Labute approximate surface area is 82.3 Å². The van der Waals surface area contributed by atoms with Crippen molar-refractivity contribution in [1.29, 1.82) is 0 Å². The van der Waals surface area contributed by atoms with Crippen molar-refractivity contribution in [3.8, 4) is 11.8 Å². The summed E-state index contributed by atoms with van der Waals surface area (Å²) in [7, 11) is 0. The Kier molecular flexibility index (Phi) is 5.77. The first-order chi connectivity index (χ1) is 6.04. The molecular formula is C11H22N2. The van der Waals surface area contributed by atoms with Gasteiger partial charge in [0, 0.05) is 12.1 Å². The van der Waals surface area contributed by atoms with Crippen LogP contribution >= 0.6 is 0 Å². The van der Waals surface area contributed by atoms with Crippen LogP contribution in [0.25, 0.3) is 0 Å². The van der Waals surface area contributed by atoms with Crippen molar-refractivity contribution in [1.82, 2.24) is 5.32 Å². The van der Waals surface area contributed by atoms with E-state index in [1.165, 1.54) is 0 Å². The lowest BCUT2D eigenvalue weighted by atomic mass is 9.91. The Balaban J connectivity index is 4.00. The van der Waals surface area contributed by atoms with Crippen LogP contribution in [0.1, 0.15) is 34.1 Å². The molecule has 0 amide bonds. The van der Waals surface area contributed by atoms with Gasteiger partial charge in [0.25, 0.3) is 0 Å². The number of hydrogen-bond donors (Lipinski definition) is 2. The van der Waals surface area contributed by atoms with E-state index in [1.807, 2.05) is 6.92 Å². The minimum Gasteiger partial charge on any atom is -0.329 e. The van der Waals surface area contributed by atoms with E-state index in [9.17, 15) is 0 Å². The van der Waals surface area contributed by atoms with Crippen molar-refractivity contribution < 1.29 is 0 Å². The first kappa shape index (κ1) is 12.5. The lowest BCUT2D eigenvalue weighted by Gasteiger charge is -2.30. The zero-order chi connectivity index (χ0) is 10.3. The number of hydrogen-bond acceptors (Lipinski definition) is 2. The van der Waals surface area contributed by atoms with Gasteiger partial charge in [-0.05, 0) is 26.2 Å². The second-order valence-electron chi connectivity index (χ2n) is 4.14. The van der Waals surface area contributed by atoms with E-state index in [4.69, 9.17) is 5.73 Å². The van der Waals surface area contributed by atoms with Crippen molar-refractivity contribution >= 4 is 0 Å². The van der Waals surface area contributed by atoms with Crippen LogP contribution < -0.4 is 11.1 Å². The molecule has 0 saturated carbocycles. The lowest BCUT2D eigenvalue weighted by molar-refractivity contribution is 0.312. The van der Waals surface area contributed by atoms with Crippen LogP contribution in [0.3, 0.4) is 0 Å². The molecule has 76 valence electrons. The quantitative estimate of drug-likeness (QED) is 0.630. The summed E-state index contributed by atoms with van der Waals surface area (Å²) in [4.78, 5) is 0. The van der Waals surface area contributed by atoms with Gasteiger partial charge in [-0.3, -0.25) is 5.32 Å². The van der Waals surface area contributed by atoms with Gasteiger partial charge in [0.05, 0.1) is 6.54 Å². The largest absolute Gasteiger partial charge is 0.329 e. The van der Waals surface area contributed by atoms with Crippen molar-refractivity contribution in [3.05, 3.63) is 0 Å². The molecule has 0 rings (SSSR count). The SMILES string of the molecule is CC#CCNC(C)(CN)CC(C)C. The zero-order valence-electron chi connectivity index (χ0n) is 9.28. The predicted octanol–water partition coefficient (Wildman–Crippen LogP) is 1.36. The molecule has 0 saturated heterocycles. The summed E-state index contributed by atoms with van der Waals surface area (Å²) in [6, 6.07) is 0. The standard InChI is InChI=1S/C11H22N2/c1-5-6-7-13-11(4,9-12)8-10(2)3/h10,13H,7-9,12H2,1-4H3. The average Bonchev–Trinajstić information content (AvgIpc) is 2.04. The first-order valence-corrected chi connectivity index (χ1v) is 4.89. The highest BCUT2D eigenvalue weighted by Crippen LogP contribution is 2.14. The van der Waals surface area contributed by atoms with E-state index in [0.717, 1.165) is 13.0 Å². The molecule has 0 fully saturated rings. The topological polar surface area (TPSA) is 38.0 Å². The Hall–Kier alpha value is -0.520. The fourth-order valence-electron chi connectivity index (χ4n) is 1.47. The van der Waals surface area contributed by atoms with Crippen LogP contribution in [0.5, 0.6) is 0 Å². The molecule has 13 heavy (non-hydrogen) atoms. The number of nitrogens with one attached hydrogen (secondary N) is 1. The molecule has 2 heteroatoms. The van der Waals surface area contributed by atoms with Crippen LogP contribution in [-0.2, 0) is 0 Å². The van der Waals surface area contributed by atoms with Gasteiger partial charge < -0.3 is 5.73 Å². The molecule has 0 aromatic heterocycles. The van der Waals surface area contributed by atoms with E-state index in [0.29, 0.717) is 12.5 Å². The van der Waals surface area contributed by atoms with E-state index >= 15 is 0 Å². The van der Waals surface area contributed by atoms with Gasteiger partial charge in [0.1, 0.15) is 0 Å². The normalized spacial score (nSPS) is 14.9. The minimum atomic E-state index is 0.0397. The van der Waals surface area contributed by atoms with E-state index in [-0.39, 0.29) is 5.54 Å². The third-order valence-electron chi connectivity index (χ3n) is 2.09. The molecule has 0 aromatic carbocycles. The molecule has 0 aromatic rings. The van der Waals surface area contributed by atoms with Gasteiger partial charge in [-0.25, -0.2) is 0 Å². The Morgan fingerprint density at radius 3 is 2.46 bits per heavy atom. The maximum atomic E-state index is 5.73. The summed E-state index contributed by atoms with van der Waals surface area (Å²) < 4.78 is 0. The van der Waals surface area contributed by atoms with Crippen molar-refractivity contribution in [2.75, 3.05) is 13.1 Å². The van der Waals surface area contributed by atoms with Gasteiger partial charge in [-0.2, -0.15) is 0 Å². The number of nitrogens with two attached hydrogens (primary N) is 1. The smallest absolute Gasteiger partial charge is 0.0580 e. The molecule has 0 bridgehead atoms. The molecule has 1 unspecified atom stereocenters. The van der Waals surface area contributed by atoms with Crippen LogP contribution in [0.2, 0.25) is 0 Å². The highest BCUT2D eigenvalue weighted by molar-refractivity contribution is 5.00. The molecule has 0 aliphatic rings. The van der Waals surface area contributed by atoms with Gasteiger partial charge in [0.15, 0.2) is 0 Å². The van der Waals surface area contributed by atoms with Crippen LogP contribution in [-0.4, -0.2) is 18.6 Å². The highest BCUT2D eigenvalue weighted by Gasteiger charge is 2.21. The summed E-state index contributed by atoms with van der Waals surface area (Å²) in [5.41, 5.74) is 5.77. The third-order valence-corrected chi connectivity index (χ3v) is 2.09. The Morgan fingerprint density at radius 2 is 2.08 bits per heavy atom. The maximum absolute atomic E-state index is 5.73.